The Morgan fingerprint density at radius 3 is 2.83 bits per heavy atom. The molecule has 0 saturated carbocycles. The van der Waals surface area contributed by atoms with Crippen molar-refractivity contribution >= 4 is 18.4 Å². The van der Waals surface area contributed by atoms with Crippen molar-refractivity contribution in [3.8, 4) is 11.7 Å². The topological polar surface area (TPSA) is 73.0 Å². The maximum absolute atomic E-state index is 5.25. The molecule has 0 saturated heterocycles. The van der Waals surface area contributed by atoms with Crippen LogP contribution in [0.1, 0.15) is 17.0 Å². The molecule has 0 radical (unpaired) electrons. The second-order valence-electron chi connectivity index (χ2n) is 5.00. The highest BCUT2D eigenvalue weighted by Gasteiger charge is 2.11. The van der Waals surface area contributed by atoms with Crippen LogP contribution < -0.4 is 4.74 Å². The Balaban J connectivity index is 2.00. The predicted molar refractivity (Wildman–Crippen MR) is 90.0 cm³/mol. The lowest BCUT2D eigenvalue weighted by Gasteiger charge is -2.03. The van der Waals surface area contributed by atoms with Gasteiger partial charge in [-0.1, -0.05) is 12.1 Å². The van der Waals surface area contributed by atoms with Crippen LogP contribution in [0.2, 0.25) is 0 Å². The van der Waals surface area contributed by atoms with E-state index in [2.05, 4.69) is 20.4 Å². The lowest BCUT2D eigenvalue weighted by molar-refractivity contribution is 0.415. The van der Waals surface area contributed by atoms with Crippen molar-refractivity contribution in [3.05, 3.63) is 52.1 Å². The van der Waals surface area contributed by atoms with E-state index >= 15 is 0 Å². The smallest absolute Gasteiger partial charge is 0.271 e. The lowest BCUT2D eigenvalue weighted by Crippen LogP contribution is -2.07. The SMILES string of the molecule is COc1cccc(/C=N\n2c(-n3nc(C)cc3C)n[nH]c2=S)c1. The van der Waals surface area contributed by atoms with E-state index in [1.807, 2.05) is 44.2 Å². The quantitative estimate of drug-likeness (QED) is 0.590. The van der Waals surface area contributed by atoms with Crippen molar-refractivity contribution in [3.63, 3.8) is 0 Å². The third kappa shape index (κ3) is 3.07. The van der Waals surface area contributed by atoms with Gasteiger partial charge in [0.1, 0.15) is 5.75 Å². The maximum atomic E-state index is 5.25. The van der Waals surface area contributed by atoms with Gasteiger partial charge in [-0.2, -0.15) is 14.9 Å². The summed E-state index contributed by atoms with van der Waals surface area (Å²) in [6.07, 6.45) is 1.70. The fourth-order valence-corrected chi connectivity index (χ4v) is 2.38. The Hall–Kier alpha value is -2.74. The number of H-pyrrole nitrogens is 1. The average Bonchev–Trinajstić information content (AvgIpc) is 3.07. The fraction of sp³-hybridized carbons (Fsp3) is 0.200. The first-order valence-corrected chi connectivity index (χ1v) is 7.39. The van der Waals surface area contributed by atoms with Crippen LogP contribution in [0.3, 0.4) is 0 Å². The molecule has 1 aromatic carbocycles. The minimum absolute atomic E-state index is 0.395. The van der Waals surface area contributed by atoms with Crippen LogP contribution in [0.5, 0.6) is 5.75 Å². The van der Waals surface area contributed by atoms with Crippen LogP contribution in [-0.2, 0) is 0 Å². The standard InChI is InChI=1S/C15H16N6OS/c1-10-7-11(2)20(19-10)14-17-18-15(23)21(14)16-9-12-5-4-6-13(8-12)22-3/h4-9H,1-3H3,(H,18,23)/b16-9-. The molecule has 0 spiro atoms. The Labute approximate surface area is 138 Å². The fourth-order valence-electron chi connectivity index (χ4n) is 2.20. The Kier molecular flexibility index (Phi) is 4.07. The van der Waals surface area contributed by atoms with Crippen LogP contribution in [0, 0.1) is 18.6 Å². The number of hydrogen-bond donors (Lipinski definition) is 1. The van der Waals surface area contributed by atoms with Crippen LogP contribution in [0.15, 0.2) is 35.4 Å². The molecule has 2 heterocycles. The van der Waals surface area contributed by atoms with Crippen molar-refractivity contribution in [2.24, 2.45) is 5.10 Å². The van der Waals surface area contributed by atoms with Gasteiger partial charge in [0.05, 0.1) is 19.0 Å². The highest BCUT2D eigenvalue weighted by atomic mass is 32.1. The van der Waals surface area contributed by atoms with E-state index < -0.39 is 0 Å². The summed E-state index contributed by atoms with van der Waals surface area (Å²) in [6, 6.07) is 9.56. The Bertz CT molecular complexity index is 920. The number of benzene rings is 1. The third-order valence-corrected chi connectivity index (χ3v) is 3.51. The van der Waals surface area contributed by atoms with Crippen molar-refractivity contribution in [1.82, 2.24) is 24.7 Å². The van der Waals surface area contributed by atoms with E-state index in [0.717, 1.165) is 22.7 Å². The molecule has 0 atom stereocenters. The molecule has 0 aliphatic rings. The third-order valence-electron chi connectivity index (χ3n) is 3.25. The zero-order chi connectivity index (χ0) is 16.4. The zero-order valence-corrected chi connectivity index (χ0v) is 13.8. The molecule has 0 aliphatic heterocycles. The number of rotatable bonds is 4. The first kappa shape index (κ1) is 15.2. The second kappa shape index (κ2) is 6.17. The highest BCUT2D eigenvalue weighted by Crippen LogP contribution is 2.12. The average molecular weight is 328 g/mol. The molecule has 3 rings (SSSR count). The zero-order valence-electron chi connectivity index (χ0n) is 13.0. The van der Waals surface area contributed by atoms with E-state index in [1.165, 1.54) is 4.68 Å². The summed E-state index contributed by atoms with van der Waals surface area (Å²) < 4.78 is 8.84. The normalized spacial score (nSPS) is 11.3. The van der Waals surface area contributed by atoms with Crippen molar-refractivity contribution < 1.29 is 4.74 Å². The van der Waals surface area contributed by atoms with Gasteiger partial charge in [0.25, 0.3) is 5.95 Å². The van der Waals surface area contributed by atoms with E-state index in [1.54, 1.807) is 18.0 Å². The molecule has 0 bridgehead atoms. The van der Waals surface area contributed by atoms with Crippen LogP contribution in [0.25, 0.3) is 5.95 Å². The molecule has 118 valence electrons. The number of nitrogens with one attached hydrogen (secondary N) is 1. The second-order valence-corrected chi connectivity index (χ2v) is 5.39. The first-order chi connectivity index (χ1) is 11.1. The number of nitrogens with zero attached hydrogens (tertiary/aromatic N) is 5. The molecule has 8 heteroatoms. The number of aromatic amines is 1. The minimum Gasteiger partial charge on any atom is -0.497 e. The molecule has 0 aliphatic carbocycles. The van der Waals surface area contributed by atoms with Crippen LogP contribution >= 0.6 is 12.2 Å². The van der Waals surface area contributed by atoms with Gasteiger partial charge >= 0.3 is 0 Å². The molecule has 23 heavy (non-hydrogen) atoms. The van der Waals surface area contributed by atoms with Crippen molar-refractivity contribution in [2.45, 2.75) is 13.8 Å². The van der Waals surface area contributed by atoms with Gasteiger partial charge < -0.3 is 4.74 Å². The number of ether oxygens (including phenoxy) is 1. The van der Waals surface area contributed by atoms with Gasteiger partial charge in [0.15, 0.2) is 0 Å². The van der Waals surface area contributed by atoms with E-state index in [-0.39, 0.29) is 0 Å². The van der Waals surface area contributed by atoms with Gasteiger partial charge in [-0.15, -0.1) is 5.10 Å². The maximum Gasteiger partial charge on any atom is 0.271 e. The lowest BCUT2D eigenvalue weighted by atomic mass is 10.2. The summed E-state index contributed by atoms with van der Waals surface area (Å²) in [5.74, 6) is 1.28. The van der Waals surface area contributed by atoms with Crippen molar-refractivity contribution in [1.29, 1.82) is 0 Å². The number of methoxy groups -OCH3 is 1. The number of hydrogen-bond acceptors (Lipinski definition) is 5. The van der Waals surface area contributed by atoms with Gasteiger partial charge in [0.2, 0.25) is 4.77 Å². The van der Waals surface area contributed by atoms with Crippen LogP contribution in [-0.4, -0.2) is 38.0 Å². The first-order valence-electron chi connectivity index (χ1n) is 6.98. The molecule has 3 aromatic rings. The molecule has 1 N–H and O–H groups in total. The largest absolute Gasteiger partial charge is 0.497 e. The molecule has 7 nitrogen and oxygen atoms in total. The number of aromatic nitrogens is 5. The van der Waals surface area contributed by atoms with Gasteiger partial charge in [-0.25, -0.2) is 9.78 Å². The highest BCUT2D eigenvalue weighted by molar-refractivity contribution is 7.71. The monoisotopic (exact) mass is 328 g/mol. The summed E-state index contributed by atoms with van der Waals surface area (Å²) in [5.41, 5.74) is 2.75. The van der Waals surface area contributed by atoms with E-state index in [4.69, 9.17) is 17.0 Å². The summed E-state index contributed by atoms with van der Waals surface area (Å²) in [7, 11) is 1.63. The predicted octanol–water partition coefficient (Wildman–Crippen LogP) is 2.63. The van der Waals surface area contributed by atoms with E-state index in [9.17, 15) is 0 Å². The Morgan fingerprint density at radius 2 is 2.13 bits per heavy atom. The van der Waals surface area contributed by atoms with Gasteiger partial charge in [-0.05, 0) is 49.8 Å². The Morgan fingerprint density at radius 1 is 1.30 bits per heavy atom. The van der Waals surface area contributed by atoms with Gasteiger partial charge in [0, 0.05) is 5.69 Å². The molecular weight excluding hydrogens is 312 g/mol. The van der Waals surface area contributed by atoms with E-state index in [0.29, 0.717) is 10.7 Å². The molecule has 0 unspecified atom stereocenters. The summed E-state index contributed by atoms with van der Waals surface area (Å²) in [4.78, 5) is 0. The summed E-state index contributed by atoms with van der Waals surface area (Å²) in [6.45, 7) is 3.88. The summed E-state index contributed by atoms with van der Waals surface area (Å²) >= 11 is 5.25. The summed E-state index contributed by atoms with van der Waals surface area (Å²) in [5, 5.41) is 15.8. The van der Waals surface area contributed by atoms with Crippen molar-refractivity contribution in [2.75, 3.05) is 7.11 Å². The molecule has 0 fully saturated rings. The minimum atomic E-state index is 0.395. The number of aryl methyl sites for hydroxylation is 2. The molecule has 0 amide bonds. The van der Waals surface area contributed by atoms with Gasteiger partial charge in [-0.3, -0.25) is 0 Å². The molecule has 2 aromatic heterocycles. The molecular formula is C15H16N6OS. The van der Waals surface area contributed by atoms with Crippen LogP contribution in [0.4, 0.5) is 0 Å².